The minimum absolute atomic E-state index is 0.523. The maximum absolute atomic E-state index is 8.71. The fraction of sp³-hybridized carbons (Fsp3) is 0.538. The van der Waals surface area contributed by atoms with E-state index in [0.717, 1.165) is 23.4 Å². The Labute approximate surface area is 112 Å². The van der Waals surface area contributed by atoms with Crippen LogP contribution in [0.15, 0.2) is 16.7 Å². The molecule has 0 N–H and O–H groups in total. The van der Waals surface area contributed by atoms with Crippen molar-refractivity contribution in [3.05, 3.63) is 22.3 Å². The van der Waals surface area contributed by atoms with Crippen molar-refractivity contribution in [2.75, 3.05) is 18.0 Å². The molecule has 0 aliphatic rings. The molecule has 1 aromatic rings. The number of anilines is 1. The quantitative estimate of drug-likeness (QED) is 0.834. The van der Waals surface area contributed by atoms with Crippen LogP contribution in [-0.2, 0) is 0 Å². The van der Waals surface area contributed by atoms with Gasteiger partial charge >= 0.3 is 0 Å². The lowest BCUT2D eigenvalue weighted by Gasteiger charge is -2.26. The molecule has 0 bridgehead atoms. The number of nitriles is 1. The summed E-state index contributed by atoms with van der Waals surface area (Å²) in [5.74, 6) is 1.48. The van der Waals surface area contributed by atoms with Gasteiger partial charge in [-0.15, -0.1) is 0 Å². The molecular weight excluding hydrogens is 278 g/mol. The van der Waals surface area contributed by atoms with E-state index in [1.165, 1.54) is 5.56 Å². The van der Waals surface area contributed by atoms with Gasteiger partial charge in [-0.1, -0.05) is 13.8 Å². The lowest BCUT2D eigenvalue weighted by molar-refractivity contribution is 0.607. The van der Waals surface area contributed by atoms with E-state index in [1.54, 1.807) is 0 Å². The first-order valence-corrected chi connectivity index (χ1v) is 6.58. The summed E-state index contributed by atoms with van der Waals surface area (Å²) in [6.07, 6.45) is 2.34. The van der Waals surface area contributed by atoms with Crippen molar-refractivity contribution in [3.8, 4) is 6.07 Å². The topological polar surface area (TPSA) is 39.9 Å². The van der Waals surface area contributed by atoms with Crippen molar-refractivity contribution in [1.82, 2.24) is 4.98 Å². The van der Waals surface area contributed by atoms with Crippen LogP contribution >= 0.6 is 15.9 Å². The number of halogens is 1. The van der Waals surface area contributed by atoms with Crippen LogP contribution in [0.4, 0.5) is 5.82 Å². The largest absolute Gasteiger partial charge is 0.354 e. The van der Waals surface area contributed by atoms with Crippen LogP contribution in [0.25, 0.3) is 0 Å². The summed E-state index contributed by atoms with van der Waals surface area (Å²) in [5, 5.41) is 8.71. The smallest absolute Gasteiger partial charge is 0.143 e. The van der Waals surface area contributed by atoms with Crippen LogP contribution in [0.1, 0.15) is 25.8 Å². The Hall–Kier alpha value is -1.08. The normalized spacial score (nSPS) is 10.4. The zero-order valence-electron chi connectivity index (χ0n) is 10.6. The molecule has 0 atom stereocenters. The summed E-state index contributed by atoms with van der Waals surface area (Å²) in [4.78, 5) is 6.59. The Balaban J connectivity index is 2.95. The van der Waals surface area contributed by atoms with Crippen LogP contribution < -0.4 is 4.90 Å². The molecule has 0 saturated carbocycles. The standard InChI is InChI=1S/C13H18BrN3/c1-10(2)9-17(8-4-6-15)13-12(14)11(3)5-7-16-13/h5,7,10H,4,8-9H2,1-3H3. The number of aryl methyl sites for hydroxylation is 1. The number of aromatic nitrogens is 1. The zero-order valence-corrected chi connectivity index (χ0v) is 12.2. The zero-order chi connectivity index (χ0) is 12.8. The van der Waals surface area contributed by atoms with Gasteiger partial charge in [0.1, 0.15) is 5.82 Å². The minimum atomic E-state index is 0.523. The van der Waals surface area contributed by atoms with Crippen LogP contribution in [0.5, 0.6) is 0 Å². The summed E-state index contributed by atoms with van der Waals surface area (Å²) in [6, 6.07) is 4.17. The van der Waals surface area contributed by atoms with Gasteiger partial charge in [-0.3, -0.25) is 0 Å². The van der Waals surface area contributed by atoms with Crippen molar-refractivity contribution in [3.63, 3.8) is 0 Å². The summed E-state index contributed by atoms with van der Waals surface area (Å²) < 4.78 is 1.03. The van der Waals surface area contributed by atoms with E-state index in [2.05, 4.69) is 45.7 Å². The molecule has 0 amide bonds. The van der Waals surface area contributed by atoms with E-state index in [4.69, 9.17) is 5.26 Å². The van der Waals surface area contributed by atoms with Gasteiger partial charge in [0.25, 0.3) is 0 Å². The molecule has 0 radical (unpaired) electrons. The van der Waals surface area contributed by atoms with E-state index < -0.39 is 0 Å². The van der Waals surface area contributed by atoms with Gasteiger partial charge in [0.2, 0.25) is 0 Å². The van der Waals surface area contributed by atoms with E-state index in [-0.39, 0.29) is 0 Å². The lowest BCUT2D eigenvalue weighted by atomic mass is 10.2. The first kappa shape index (κ1) is 14.0. The van der Waals surface area contributed by atoms with Crippen molar-refractivity contribution in [1.29, 1.82) is 5.26 Å². The van der Waals surface area contributed by atoms with Gasteiger partial charge < -0.3 is 4.90 Å². The molecule has 0 aliphatic heterocycles. The van der Waals surface area contributed by atoms with Gasteiger partial charge in [0, 0.05) is 19.3 Å². The van der Waals surface area contributed by atoms with Gasteiger partial charge in [0.05, 0.1) is 17.0 Å². The third kappa shape index (κ3) is 4.01. The van der Waals surface area contributed by atoms with E-state index in [1.807, 2.05) is 19.2 Å². The third-order valence-electron chi connectivity index (χ3n) is 2.44. The molecule has 1 aromatic heterocycles. The lowest BCUT2D eigenvalue weighted by Crippen LogP contribution is -2.29. The van der Waals surface area contributed by atoms with Gasteiger partial charge in [-0.25, -0.2) is 4.98 Å². The summed E-state index contributed by atoms with van der Waals surface area (Å²) in [6.45, 7) is 8.03. The number of nitrogens with zero attached hydrogens (tertiary/aromatic N) is 3. The van der Waals surface area contributed by atoms with E-state index >= 15 is 0 Å². The summed E-state index contributed by atoms with van der Waals surface area (Å²) in [5.41, 5.74) is 1.17. The predicted molar refractivity (Wildman–Crippen MR) is 74.0 cm³/mol. The Bertz CT molecular complexity index is 410. The maximum atomic E-state index is 8.71. The molecule has 0 saturated heterocycles. The predicted octanol–water partition coefficient (Wildman–Crippen LogP) is 3.53. The molecule has 0 aromatic carbocycles. The summed E-state index contributed by atoms with van der Waals surface area (Å²) >= 11 is 3.58. The van der Waals surface area contributed by atoms with E-state index in [0.29, 0.717) is 12.3 Å². The average Bonchev–Trinajstić information content (AvgIpc) is 2.28. The molecule has 3 nitrogen and oxygen atoms in total. The Kier molecular flexibility index (Phi) is 5.43. The minimum Gasteiger partial charge on any atom is -0.354 e. The number of pyridine rings is 1. The van der Waals surface area contributed by atoms with Crippen molar-refractivity contribution < 1.29 is 0 Å². The van der Waals surface area contributed by atoms with Gasteiger partial charge in [0.15, 0.2) is 0 Å². The van der Waals surface area contributed by atoms with Gasteiger partial charge in [-0.2, -0.15) is 5.26 Å². The summed E-state index contributed by atoms with van der Waals surface area (Å²) in [7, 11) is 0. The van der Waals surface area contributed by atoms with Crippen molar-refractivity contribution in [2.24, 2.45) is 5.92 Å². The molecule has 1 rings (SSSR count). The maximum Gasteiger partial charge on any atom is 0.143 e. The Morgan fingerprint density at radius 1 is 1.53 bits per heavy atom. The highest BCUT2D eigenvalue weighted by Crippen LogP contribution is 2.27. The fourth-order valence-corrected chi connectivity index (χ4v) is 2.14. The first-order valence-electron chi connectivity index (χ1n) is 5.79. The van der Waals surface area contributed by atoms with Crippen LogP contribution in [-0.4, -0.2) is 18.1 Å². The molecule has 1 heterocycles. The second-order valence-electron chi connectivity index (χ2n) is 4.51. The Morgan fingerprint density at radius 2 is 2.24 bits per heavy atom. The molecule has 4 heteroatoms. The Morgan fingerprint density at radius 3 is 2.82 bits per heavy atom. The average molecular weight is 296 g/mol. The van der Waals surface area contributed by atoms with Crippen LogP contribution in [0.2, 0.25) is 0 Å². The molecule has 17 heavy (non-hydrogen) atoms. The number of rotatable bonds is 5. The van der Waals surface area contributed by atoms with Crippen LogP contribution in [0.3, 0.4) is 0 Å². The van der Waals surface area contributed by atoms with Crippen molar-refractivity contribution >= 4 is 21.7 Å². The first-order chi connectivity index (χ1) is 8.06. The number of hydrogen-bond acceptors (Lipinski definition) is 3. The fourth-order valence-electron chi connectivity index (χ4n) is 1.66. The highest BCUT2D eigenvalue weighted by Gasteiger charge is 2.13. The third-order valence-corrected chi connectivity index (χ3v) is 3.42. The molecule has 0 spiro atoms. The second kappa shape index (κ2) is 6.61. The van der Waals surface area contributed by atoms with E-state index in [9.17, 15) is 0 Å². The van der Waals surface area contributed by atoms with Gasteiger partial charge in [-0.05, 0) is 40.4 Å². The molecule has 0 aliphatic carbocycles. The monoisotopic (exact) mass is 295 g/mol. The highest BCUT2D eigenvalue weighted by atomic mass is 79.9. The second-order valence-corrected chi connectivity index (χ2v) is 5.31. The van der Waals surface area contributed by atoms with Crippen LogP contribution in [0, 0.1) is 24.2 Å². The SMILES string of the molecule is Cc1ccnc(N(CCC#N)CC(C)C)c1Br. The molecular formula is C13H18BrN3. The molecule has 92 valence electrons. The highest BCUT2D eigenvalue weighted by molar-refractivity contribution is 9.10. The molecule has 0 fully saturated rings. The van der Waals surface area contributed by atoms with Crippen molar-refractivity contribution in [2.45, 2.75) is 27.2 Å². The molecule has 0 unspecified atom stereocenters. The number of hydrogen-bond donors (Lipinski definition) is 0.